The van der Waals surface area contributed by atoms with E-state index in [0.29, 0.717) is 5.56 Å². The number of aromatic nitrogens is 1. The van der Waals surface area contributed by atoms with E-state index in [0.717, 1.165) is 0 Å². The predicted molar refractivity (Wildman–Crippen MR) is 48.1 cm³/mol. The lowest BCUT2D eigenvalue weighted by Crippen LogP contribution is -2.03. The molecule has 1 rings (SSSR count). The standard InChI is InChI=1S/C10H6N2O2/c1-14-10(13)9-7-8(3-2-5-11)4-6-12-9/h4,6-7H,1H3. The van der Waals surface area contributed by atoms with Crippen LogP contribution in [0.1, 0.15) is 16.1 Å². The summed E-state index contributed by atoms with van der Waals surface area (Å²) < 4.78 is 4.48. The van der Waals surface area contributed by atoms with Gasteiger partial charge < -0.3 is 4.74 Å². The summed E-state index contributed by atoms with van der Waals surface area (Å²) in [6, 6.07) is 4.76. The molecule has 0 aliphatic carbocycles. The third-order valence-electron chi connectivity index (χ3n) is 1.42. The van der Waals surface area contributed by atoms with Gasteiger partial charge in [0, 0.05) is 17.7 Å². The number of methoxy groups -OCH3 is 1. The number of carbonyl (C=O) groups excluding carboxylic acids is 1. The van der Waals surface area contributed by atoms with Crippen LogP contribution in [0.5, 0.6) is 0 Å². The highest BCUT2D eigenvalue weighted by atomic mass is 16.5. The smallest absolute Gasteiger partial charge is 0.356 e. The van der Waals surface area contributed by atoms with Crippen LogP contribution < -0.4 is 0 Å². The zero-order chi connectivity index (χ0) is 10.4. The second-order valence-corrected chi connectivity index (χ2v) is 2.28. The Labute approximate surface area is 81.1 Å². The number of ether oxygens (including phenoxy) is 1. The van der Waals surface area contributed by atoms with Crippen molar-refractivity contribution in [3.05, 3.63) is 29.6 Å². The summed E-state index contributed by atoms with van der Waals surface area (Å²) in [6.07, 6.45) is 1.44. The maximum atomic E-state index is 11.0. The topological polar surface area (TPSA) is 63.0 Å². The number of carbonyl (C=O) groups is 1. The lowest BCUT2D eigenvalue weighted by molar-refractivity contribution is 0.0594. The molecule has 0 saturated carbocycles. The summed E-state index contributed by atoms with van der Waals surface area (Å²) in [5.41, 5.74) is 0.735. The fourth-order valence-corrected chi connectivity index (χ4v) is 0.825. The van der Waals surface area contributed by atoms with Gasteiger partial charge in [-0.2, -0.15) is 5.26 Å². The Morgan fingerprint density at radius 1 is 1.64 bits per heavy atom. The average molecular weight is 186 g/mol. The summed E-state index contributed by atoms with van der Waals surface area (Å²) >= 11 is 0. The SMILES string of the molecule is COC(=O)c1cc(C#CC#N)ccn1. The van der Waals surface area contributed by atoms with E-state index in [4.69, 9.17) is 5.26 Å². The number of nitriles is 1. The fraction of sp³-hybridized carbons (Fsp3) is 0.100. The van der Waals surface area contributed by atoms with E-state index in [9.17, 15) is 4.79 Å². The van der Waals surface area contributed by atoms with Gasteiger partial charge in [0.2, 0.25) is 0 Å². The molecule has 68 valence electrons. The first-order chi connectivity index (χ1) is 6.77. The van der Waals surface area contributed by atoms with E-state index in [1.165, 1.54) is 19.4 Å². The molecule has 1 aromatic rings. The maximum Gasteiger partial charge on any atom is 0.356 e. The van der Waals surface area contributed by atoms with Gasteiger partial charge >= 0.3 is 5.97 Å². The number of hydrogen-bond acceptors (Lipinski definition) is 4. The highest BCUT2D eigenvalue weighted by molar-refractivity contribution is 5.87. The number of nitrogens with zero attached hydrogens (tertiary/aromatic N) is 2. The molecule has 0 bridgehead atoms. The third-order valence-corrected chi connectivity index (χ3v) is 1.42. The van der Waals surface area contributed by atoms with E-state index in [1.54, 1.807) is 12.1 Å². The van der Waals surface area contributed by atoms with Crippen LogP contribution in [0.2, 0.25) is 0 Å². The van der Waals surface area contributed by atoms with Gasteiger partial charge in [-0.05, 0) is 12.1 Å². The van der Waals surface area contributed by atoms with Gasteiger partial charge in [0.25, 0.3) is 0 Å². The highest BCUT2D eigenvalue weighted by Crippen LogP contribution is 2.01. The van der Waals surface area contributed by atoms with Crippen molar-refractivity contribution >= 4 is 5.97 Å². The molecule has 0 aliphatic rings. The van der Waals surface area contributed by atoms with Gasteiger partial charge in [0.15, 0.2) is 6.07 Å². The molecule has 0 aromatic carbocycles. The van der Waals surface area contributed by atoms with E-state index in [2.05, 4.69) is 21.6 Å². The Kier molecular flexibility index (Phi) is 3.23. The van der Waals surface area contributed by atoms with E-state index in [1.807, 2.05) is 0 Å². The minimum atomic E-state index is -0.523. The summed E-state index contributed by atoms with van der Waals surface area (Å²) in [5, 5.41) is 8.22. The van der Waals surface area contributed by atoms with Gasteiger partial charge in [-0.15, -0.1) is 0 Å². The fourth-order valence-electron chi connectivity index (χ4n) is 0.825. The molecule has 0 atom stereocenters. The lowest BCUT2D eigenvalue weighted by Gasteiger charge is -1.97. The van der Waals surface area contributed by atoms with E-state index in [-0.39, 0.29) is 5.69 Å². The Bertz CT molecular complexity index is 449. The number of pyridine rings is 1. The molecule has 1 aromatic heterocycles. The van der Waals surface area contributed by atoms with Crippen LogP contribution in [-0.4, -0.2) is 18.1 Å². The summed E-state index contributed by atoms with van der Waals surface area (Å²) in [5.74, 6) is 4.26. The van der Waals surface area contributed by atoms with Gasteiger partial charge in [-0.3, -0.25) is 0 Å². The van der Waals surface area contributed by atoms with Crippen LogP contribution >= 0.6 is 0 Å². The van der Waals surface area contributed by atoms with E-state index < -0.39 is 5.97 Å². The van der Waals surface area contributed by atoms with Gasteiger partial charge in [-0.25, -0.2) is 9.78 Å². The van der Waals surface area contributed by atoms with Crippen molar-refractivity contribution in [2.75, 3.05) is 7.11 Å². The molecule has 0 amide bonds. The Hall–Kier alpha value is -2.33. The summed E-state index contributed by atoms with van der Waals surface area (Å²) in [7, 11) is 1.28. The number of rotatable bonds is 1. The van der Waals surface area contributed by atoms with Crippen LogP contribution in [0, 0.1) is 23.2 Å². The average Bonchev–Trinajstić information content (AvgIpc) is 2.25. The monoisotopic (exact) mass is 186 g/mol. The van der Waals surface area contributed by atoms with Crippen LogP contribution in [0.4, 0.5) is 0 Å². The Morgan fingerprint density at radius 3 is 3.07 bits per heavy atom. The molecule has 0 fully saturated rings. The number of hydrogen-bond donors (Lipinski definition) is 0. The van der Waals surface area contributed by atoms with Crippen molar-refractivity contribution < 1.29 is 9.53 Å². The second-order valence-electron chi connectivity index (χ2n) is 2.28. The zero-order valence-electron chi connectivity index (χ0n) is 7.44. The number of esters is 1. The molecule has 0 N–H and O–H groups in total. The quantitative estimate of drug-likeness (QED) is 0.479. The largest absolute Gasteiger partial charge is 0.464 e. The first kappa shape index (κ1) is 9.76. The molecule has 0 radical (unpaired) electrons. The second kappa shape index (κ2) is 4.64. The van der Waals surface area contributed by atoms with Crippen LogP contribution in [0.15, 0.2) is 18.3 Å². The molecular weight excluding hydrogens is 180 g/mol. The molecule has 0 aliphatic heterocycles. The minimum Gasteiger partial charge on any atom is -0.464 e. The predicted octanol–water partition coefficient (Wildman–Crippen LogP) is 0.743. The third kappa shape index (κ3) is 2.33. The molecule has 0 unspecified atom stereocenters. The summed E-state index contributed by atoms with van der Waals surface area (Å²) in [4.78, 5) is 14.8. The van der Waals surface area contributed by atoms with Crippen molar-refractivity contribution in [2.45, 2.75) is 0 Å². The molecule has 4 nitrogen and oxygen atoms in total. The first-order valence-electron chi connectivity index (χ1n) is 3.72. The zero-order valence-corrected chi connectivity index (χ0v) is 7.44. The van der Waals surface area contributed by atoms with Crippen LogP contribution in [0.25, 0.3) is 0 Å². The van der Waals surface area contributed by atoms with Gasteiger partial charge in [-0.1, -0.05) is 5.92 Å². The normalized spacial score (nSPS) is 8.00. The van der Waals surface area contributed by atoms with Crippen molar-refractivity contribution in [2.24, 2.45) is 0 Å². The molecule has 14 heavy (non-hydrogen) atoms. The highest BCUT2D eigenvalue weighted by Gasteiger charge is 2.05. The molecule has 0 saturated heterocycles. The van der Waals surface area contributed by atoms with Gasteiger partial charge in [0.1, 0.15) is 5.69 Å². The van der Waals surface area contributed by atoms with Crippen molar-refractivity contribution in [1.82, 2.24) is 4.98 Å². The lowest BCUT2D eigenvalue weighted by atomic mass is 10.2. The summed E-state index contributed by atoms with van der Waals surface area (Å²) in [6.45, 7) is 0. The molecule has 0 spiro atoms. The van der Waals surface area contributed by atoms with Crippen LogP contribution in [0.3, 0.4) is 0 Å². The Balaban J connectivity index is 3.02. The van der Waals surface area contributed by atoms with Crippen molar-refractivity contribution in [1.29, 1.82) is 5.26 Å². The maximum absolute atomic E-state index is 11.0. The Morgan fingerprint density at radius 2 is 2.43 bits per heavy atom. The molecule has 4 heteroatoms. The van der Waals surface area contributed by atoms with E-state index >= 15 is 0 Å². The van der Waals surface area contributed by atoms with Crippen LogP contribution in [-0.2, 0) is 4.74 Å². The van der Waals surface area contributed by atoms with Crippen molar-refractivity contribution in [3.63, 3.8) is 0 Å². The minimum absolute atomic E-state index is 0.178. The van der Waals surface area contributed by atoms with Crippen molar-refractivity contribution in [3.8, 4) is 17.9 Å². The molecule has 1 heterocycles. The molecular formula is C10H6N2O2. The first-order valence-corrected chi connectivity index (χ1v) is 3.72. The van der Waals surface area contributed by atoms with Gasteiger partial charge in [0.05, 0.1) is 7.11 Å².